The van der Waals surface area contributed by atoms with E-state index in [-0.39, 0.29) is 18.1 Å². The van der Waals surface area contributed by atoms with Crippen LogP contribution in [-0.4, -0.2) is 25.5 Å². The first-order chi connectivity index (χ1) is 7.54. The maximum atomic E-state index is 11.5. The van der Waals surface area contributed by atoms with Crippen molar-refractivity contribution in [3.8, 4) is 0 Å². The van der Waals surface area contributed by atoms with Gasteiger partial charge in [0.2, 0.25) is 0 Å². The minimum atomic E-state index is -0.623. The molecule has 16 heavy (non-hydrogen) atoms. The van der Waals surface area contributed by atoms with Crippen LogP contribution in [0.25, 0.3) is 0 Å². The van der Waals surface area contributed by atoms with Crippen molar-refractivity contribution in [1.82, 2.24) is 5.32 Å². The van der Waals surface area contributed by atoms with Crippen LogP contribution in [0.2, 0.25) is 0 Å². The van der Waals surface area contributed by atoms with E-state index in [4.69, 9.17) is 10.5 Å². The molecule has 0 fully saturated rings. The summed E-state index contributed by atoms with van der Waals surface area (Å²) in [7, 11) is 1.46. The van der Waals surface area contributed by atoms with Crippen LogP contribution in [-0.2, 0) is 9.53 Å². The van der Waals surface area contributed by atoms with Crippen molar-refractivity contribution < 1.29 is 14.3 Å². The molecule has 0 aliphatic heterocycles. The zero-order valence-electron chi connectivity index (χ0n) is 8.62. The average Bonchev–Trinajstić information content (AvgIpc) is 2.28. The quantitative estimate of drug-likeness (QED) is 0.640. The summed E-state index contributed by atoms with van der Waals surface area (Å²) in [6.07, 6.45) is 0. The fourth-order valence-corrected chi connectivity index (χ4v) is 1.35. The van der Waals surface area contributed by atoms with Crippen molar-refractivity contribution in [2.45, 2.75) is 0 Å². The van der Waals surface area contributed by atoms with E-state index in [1.807, 2.05) is 0 Å². The SMILES string of the molecule is CNC(=O)COC(=O)c1cc(Br)ccc1N. The maximum absolute atomic E-state index is 11.5. The number of nitrogens with two attached hydrogens (primary N) is 1. The molecule has 1 amide bonds. The molecule has 0 saturated carbocycles. The number of esters is 1. The number of hydrogen-bond acceptors (Lipinski definition) is 4. The highest BCUT2D eigenvalue weighted by Crippen LogP contribution is 2.19. The molecule has 6 heteroatoms. The Balaban J connectivity index is 2.73. The highest BCUT2D eigenvalue weighted by molar-refractivity contribution is 9.10. The summed E-state index contributed by atoms with van der Waals surface area (Å²) >= 11 is 3.22. The Hall–Kier alpha value is -1.56. The van der Waals surface area contributed by atoms with Gasteiger partial charge in [0.1, 0.15) is 0 Å². The summed E-state index contributed by atoms with van der Waals surface area (Å²) < 4.78 is 5.48. The fourth-order valence-electron chi connectivity index (χ4n) is 0.986. The zero-order chi connectivity index (χ0) is 12.1. The van der Waals surface area contributed by atoms with Crippen LogP contribution < -0.4 is 11.1 Å². The van der Waals surface area contributed by atoms with Gasteiger partial charge < -0.3 is 15.8 Å². The third kappa shape index (κ3) is 3.23. The highest BCUT2D eigenvalue weighted by Gasteiger charge is 2.12. The molecule has 0 saturated heterocycles. The largest absolute Gasteiger partial charge is 0.452 e. The second-order valence-corrected chi connectivity index (χ2v) is 3.90. The Labute approximate surface area is 101 Å². The lowest BCUT2D eigenvalue weighted by Crippen LogP contribution is -2.25. The summed E-state index contributed by atoms with van der Waals surface area (Å²) in [4.78, 5) is 22.4. The van der Waals surface area contributed by atoms with E-state index in [0.717, 1.165) is 0 Å². The van der Waals surface area contributed by atoms with Gasteiger partial charge in [0.05, 0.1) is 5.56 Å². The standard InChI is InChI=1S/C10H11BrN2O3/c1-13-9(14)5-16-10(15)7-4-6(11)2-3-8(7)12/h2-4H,5,12H2,1H3,(H,13,14). The molecule has 0 bridgehead atoms. The van der Waals surface area contributed by atoms with Gasteiger partial charge in [-0.25, -0.2) is 4.79 Å². The van der Waals surface area contributed by atoms with Crippen LogP contribution in [0.5, 0.6) is 0 Å². The van der Waals surface area contributed by atoms with Crippen molar-refractivity contribution >= 4 is 33.5 Å². The van der Waals surface area contributed by atoms with Gasteiger partial charge in [-0.3, -0.25) is 4.79 Å². The molecule has 0 aliphatic carbocycles. The Morgan fingerprint density at radius 1 is 1.50 bits per heavy atom. The number of anilines is 1. The molecule has 1 aromatic carbocycles. The second-order valence-electron chi connectivity index (χ2n) is 2.98. The number of carbonyl (C=O) groups excluding carboxylic acids is 2. The van der Waals surface area contributed by atoms with Gasteiger partial charge in [-0.1, -0.05) is 15.9 Å². The summed E-state index contributed by atoms with van der Waals surface area (Å²) in [5.74, 6) is -0.996. The number of halogens is 1. The third-order valence-electron chi connectivity index (χ3n) is 1.85. The van der Waals surface area contributed by atoms with Gasteiger partial charge in [0.25, 0.3) is 5.91 Å². The van der Waals surface area contributed by atoms with E-state index in [1.165, 1.54) is 7.05 Å². The smallest absolute Gasteiger partial charge is 0.340 e. The number of carbonyl (C=O) groups is 2. The summed E-state index contributed by atoms with van der Waals surface area (Å²) in [5, 5.41) is 2.34. The molecule has 0 spiro atoms. The molecule has 0 heterocycles. The summed E-state index contributed by atoms with van der Waals surface area (Å²) in [6.45, 7) is -0.318. The topological polar surface area (TPSA) is 81.4 Å². The van der Waals surface area contributed by atoms with Crippen molar-refractivity contribution in [1.29, 1.82) is 0 Å². The predicted octanol–water partition coefficient (Wildman–Crippen LogP) is 0.934. The van der Waals surface area contributed by atoms with Gasteiger partial charge >= 0.3 is 5.97 Å². The van der Waals surface area contributed by atoms with Crippen molar-refractivity contribution in [2.75, 3.05) is 19.4 Å². The normalized spacial score (nSPS) is 9.62. The van der Waals surface area contributed by atoms with E-state index in [1.54, 1.807) is 18.2 Å². The van der Waals surface area contributed by atoms with Gasteiger partial charge in [0.15, 0.2) is 6.61 Å². The third-order valence-corrected chi connectivity index (χ3v) is 2.34. The average molecular weight is 287 g/mol. The molecule has 1 aromatic rings. The molecule has 0 aliphatic rings. The molecule has 86 valence electrons. The van der Waals surface area contributed by atoms with Crippen molar-refractivity contribution in [3.63, 3.8) is 0 Å². The number of nitrogens with one attached hydrogen (secondary N) is 1. The molecule has 5 nitrogen and oxygen atoms in total. The molecular weight excluding hydrogens is 276 g/mol. The first kappa shape index (κ1) is 12.5. The van der Waals surface area contributed by atoms with Crippen LogP contribution in [0.15, 0.2) is 22.7 Å². The molecule has 0 atom stereocenters. The number of ether oxygens (including phenoxy) is 1. The van der Waals surface area contributed by atoms with Crippen molar-refractivity contribution in [2.24, 2.45) is 0 Å². The summed E-state index contributed by atoms with van der Waals surface area (Å²) in [5.41, 5.74) is 6.15. The fraction of sp³-hybridized carbons (Fsp3) is 0.200. The predicted molar refractivity (Wildman–Crippen MR) is 62.9 cm³/mol. The van der Waals surface area contributed by atoms with Crippen LogP contribution >= 0.6 is 15.9 Å². The minimum Gasteiger partial charge on any atom is -0.452 e. The molecule has 0 radical (unpaired) electrons. The molecule has 0 aromatic heterocycles. The lowest BCUT2D eigenvalue weighted by atomic mass is 10.2. The van der Waals surface area contributed by atoms with E-state index in [9.17, 15) is 9.59 Å². The Morgan fingerprint density at radius 3 is 2.81 bits per heavy atom. The first-order valence-corrected chi connectivity index (χ1v) is 5.26. The van der Waals surface area contributed by atoms with E-state index in [0.29, 0.717) is 10.2 Å². The Bertz CT molecular complexity index is 421. The number of rotatable bonds is 3. The second kappa shape index (κ2) is 5.50. The van der Waals surface area contributed by atoms with Crippen LogP contribution in [0.4, 0.5) is 5.69 Å². The lowest BCUT2D eigenvalue weighted by molar-refractivity contribution is -0.123. The van der Waals surface area contributed by atoms with E-state index in [2.05, 4.69) is 21.2 Å². The maximum Gasteiger partial charge on any atom is 0.340 e. The summed E-state index contributed by atoms with van der Waals surface area (Å²) in [6, 6.07) is 4.84. The van der Waals surface area contributed by atoms with Gasteiger partial charge in [-0.05, 0) is 18.2 Å². The van der Waals surface area contributed by atoms with E-state index < -0.39 is 5.97 Å². The van der Waals surface area contributed by atoms with Gasteiger partial charge in [0, 0.05) is 17.2 Å². The van der Waals surface area contributed by atoms with Gasteiger partial charge in [-0.2, -0.15) is 0 Å². The molecular formula is C10H11BrN2O3. The van der Waals surface area contributed by atoms with Crippen LogP contribution in [0, 0.1) is 0 Å². The molecule has 0 unspecified atom stereocenters. The Kier molecular flexibility index (Phi) is 4.30. The molecule has 1 rings (SSSR count). The lowest BCUT2D eigenvalue weighted by Gasteiger charge is -2.06. The monoisotopic (exact) mass is 286 g/mol. The minimum absolute atomic E-state index is 0.235. The number of nitrogen functional groups attached to an aromatic ring is 1. The number of likely N-dealkylation sites (N-methyl/N-ethyl adjacent to an activating group) is 1. The highest BCUT2D eigenvalue weighted by atomic mass is 79.9. The Morgan fingerprint density at radius 2 is 2.19 bits per heavy atom. The number of amides is 1. The number of hydrogen-bond donors (Lipinski definition) is 2. The van der Waals surface area contributed by atoms with Crippen LogP contribution in [0.1, 0.15) is 10.4 Å². The number of benzene rings is 1. The molecule has 3 N–H and O–H groups in total. The van der Waals surface area contributed by atoms with Crippen LogP contribution in [0.3, 0.4) is 0 Å². The zero-order valence-corrected chi connectivity index (χ0v) is 10.2. The van der Waals surface area contributed by atoms with Crippen molar-refractivity contribution in [3.05, 3.63) is 28.2 Å². The van der Waals surface area contributed by atoms with E-state index >= 15 is 0 Å². The first-order valence-electron chi connectivity index (χ1n) is 4.47. The van der Waals surface area contributed by atoms with Gasteiger partial charge in [-0.15, -0.1) is 0 Å².